The van der Waals surface area contributed by atoms with Crippen molar-refractivity contribution in [2.24, 2.45) is 0 Å². The van der Waals surface area contributed by atoms with Gasteiger partial charge >= 0.3 is 0 Å². The SMILES string of the molecule is O=C(NNC(=O)[C@H](Cc1ccc([N+](=O)[O-])cc1)NC(=O)c1cccc2ccccc12)c1ccccc1. The number of nitro benzene ring substituents is 1. The number of hydrazine groups is 1. The van der Waals surface area contributed by atoms with E-state index < -0.39 is 28.7 Å². The van der Waals surface area contributed by atoms with Gasteiger partial charge in [0.15, 0.2) is 0 Å². The predicted molar refractivity (Wildman–Crippen MR) is 134 cm³/mol. The number of carbonyl (C=O) groups excluding carboxylic acids is 3. The molecule has 3 amide bonds. The van der Waals surface area contributed by atoms with Crippen LogP contribution in [0.2, 0.25) is 0 Å². The number of benzene rings is 4. The summed E-state index contributed by atoms with van der Waals surface area (Å²) in [6.45, 7) is 0. The van der Waals surface area contributed by atoms with E-state index in [1.165, 1.54) is 24.3 Å². The first-order valence-electron chi connectivity index (χ1n) is 11.1. The van der Waals surface area contributed by atoms with Crippen molar-refractivity contribution < 1.29 is 19.3 Å². The van der Waals surface area contributed by atoms with Crippen LogP contribution in [0.5, 0.6) is 0 Å². The van der Waals surface area contributed by atoms with Gasteiger partial charge in [0.05, 0.1) is 4.92 Å². The van der Waals surface area contributed by atoms with E-state index in [-0.39, 0.29) is 12.1 Å². The van der Waals surface area contributed by atoms with Crippen LogP contribution in [0.25, 0.3) is 10.8 Å². The maximum atomic E-state index is 13.2. The molecule has 36 heavy (non-hydrogen) atoms. The van der Waals surface area contributed by atoms with Crippen LogP contribution in [-0.2, 0) is 11.2 Å². The van der Waals surface area contributed by atoms with E-state index in [1.54, 1.807) is 42.5 Å². The Bertz CT molecular complexity index is 1420. The van der Waals surface area contributed by atoms with E-state index in [4.69, 9.17) is 0 Å². The lowest BCUT2D eigenvalue weighted by Crippen LogP contribution is -2.53. The Morgan fingerprint density at radius 2 is 1.42 bits per heavy atom. The van der Waals surface area contributed by atoms with Gasteiger partial charge in [-0.05, 0) is 34.5 Å². The van der Waals surface area contributed by atoms with Crippen LogP contribution in [0.3, 0.4) is 0 Å². The molecule has 0 fully saturated rings. The van der Waals surface area contributed by atoms with Gasteiger partial charge in [0.1, 0.15) is 6.04 Å². The lowest BCUT2D eigenvalue weighted by atomic mass is 10.0. The molecule has 0 saturated heterocycles. The van der Waals surface area contributed by atoms with Crippen LogP contribution < -0.4 is 16.2 Å². The number of carbonyl (C=O) groups is 3. The van der Waals surface area contributed by atoms with Crippen LogP contribution in [0.15, 0.2) is 97.1 Å². The van der Waals surface area contributed by atoms with Gasteiger partial charge in [0.25, 0.3) is 23.4 Å². The van der Waals surface area contributed by atoms with E-state index in [1.807, 2.05) is 30.3 Å². The van der Waals surface area contributed by atoms with Gasteiger partial charge in [0.2, 0.25) is 0 Å². The summed E-state index contributed by atoms with van der Waals surface area (Å²) < 4.78 is 0. The molecule has 1 atom stereocenters. The molecule has 0 aromatic heterocycles. The molecule has 9 nitrogen and oxygen atoms in total. The molecular weight excluding hydrogens is 460 g/mol. The van der Waals surface area contributed by atoms with Crippen LogP contribution >= 0.6 is 0 Å². The van der Waals surface area contributed by atoms with Gasteiger partial charge in [0, 0.05) is 29.7 Å². The first kappa shape index (κ1) is 24.1. The Labute approximate surface area is 206 Å². The first-order chi connectivity index (χ1) is 17.4. The molecule has 4 aromatic rings. The molecule has 0 radical (unpaired) electrons. The minimum Gasteiger partial charge on any atom is -0.340 e. The molecule has 0 aliphatic heterocycles. The summed E-state index contributed by atoms with van der Waals surface area (Å²) in [4.78, 5) is 49.0. The molecule has 3 N–H and O–H groups in total. The Kier molecular flexibility index (Phi) is 7.30. The van der Waals surface area contributed by atoms with Gasteiger partial charge in [-0.25, -0.2) is 0 Å². The summed E-state index contributed by atoms with van der Waals surface area (Å²) in [5.74, 6) is -1.63. The Hall–Kier alpha value is -5.05. The quantitative estimate of drug-likeness (QED) is 0.274. The summed E-state index contributed by atoms with van der Waals surface area (Å²) in [7, 11) is 0. The van der Waals surface area contributed by atoms with Crippen LogP contribution in [0.1, 0.15) is 26.3 Å². The molecule has 0 saturated carbocycles. The molecule has 180 valence electrons. The third-order valence-corrected chi connectivity index (χ3v) is 5.58. The average Bonchev–Trinajstić information content (AvgIpc) is 2.91. The number of nitro groups is 1. The van der Waals surface area contributed by atoms with E-state index >= 15 is 0 Å². The summed E-state index contributed by atoms with van der Waals surface area (Å²) in [6.07, 6.45) is 0.0432. The van der Waals surface area contributed by atoms with Crippen molar-refractivity contribution in [2.45, 2.75) is 12.5 Å². The zero-order valence-electron chi connectivity index (χ0n) is 19.0. The van der Waals surface area contributed by atoms with Gasteiger partial charge in [-0.15, -0.1) is 0 Å². The molecule has 0 aliphatic rings. The molecule has 0 bridgehead atoms. The molecule has 4 aromatic carbocycles. The maximum Gasteiger partial charge on any atom is 0.269 e. The molecule has 0 heterocycles. The fraction of sp³-hybridized carbons (Fsp3) is 0.0741. The Morgan fingerprint density at radius 3 is 2.14 bits per heavy atom. The van der Waals surface area contributed by atoms with Crippen LogP contribution in [0.4, 0.5) is 5.69 Å². The van der Waals surface area contributed by atoms with Crippen molar-refractivity contribution in [1.82, 2.24) is 16.2 Å². The summed E-state index contributed by atoms with van der Waals surface area (Å²) in [5.41, 5.74) is 5.96. The number of fused-ring (bicyclic) bond motifs is 1. The van der Waals surface area contributed by atoms with E-state index in [0.717, 1.165) is 10.8 Å². The fourth-order valence-electron chi connectivity index (χ4n) is 3.73. The summed E-state index contributed by atoms with van der Waals surface area (Å²) >= 11 is 0. The van der Waals surface area contributed by atoms with Gasteiger partial charge in [-0.1, -0.05) is 66.7 Å². The second-order valence-corrected chi connectivity index (χ2v) is 7.99. The predicted octanol–water partition coefficient (Wildman–Crippen LogP) is 3.55. The van der Waals surface area contributed by atoms with E-state index in [9.17, 15) is 24.5 Å². The smallest absolute Gasteiger partial charge is 0.269 e. The minimum absolute atomic E-state index is 0.0432. The summed E-state index contributed by atoms with van der Waals surface area (Å²) in [5, 5.41) is 15.3. The number of non-ortho nitro benzene ring substituents is 1. The fourth-order valence-corrected chi connectivity index (χ4v) is 3.73. The van der Waals surface area contributed by atoms with Crippen molar-refractivity contribution in [3.8, 4) is 0 Å². The van der Waals surface area contributed by atoms with Crippen molar-refractivity contribution in [3.63, 3.8) is 0 Å². The molecule has 9 heteroatoms. The van der Waals surface area contributed by atoms with Crippen molar-refractivity contribution >= 4 is 34.2 Å². The average molecular weight is 482 g/mol. The lowest BCUT2D eigenvalue weighted by Gasteiger charge is -2.19. The Morgan fingerprint density at radius 1 is 0.750 bits per heavy atom. The minimum atomic E-state index is -1.08. The number of hydrogen-bond acceptors (Lipinski definition) is 5. The largest absolute Gasteiger partial charge is 0.340 e. The van der Waals surface area contributed by atoms with Crippen LogP contribution in [-0.4, -0.2) is 28.7 Å². The highest BCUT2D eigenvalue weighted by Crippen LogP contribution is 2.19. The second kappa shape index (κ2) is 10.9. The normalized spacial score (nSPS) is 11.3. The number of rotatable bonds is 7. The van der Waals surface area contributed by atoms with E-state index in [0.29, 0.717) is 16.7 Å². The molecule has 0 unspecified atom stereocenters. The number of amides is 3. The lowest BCUT2D eigenvalue weighted by molar-refractivity contribution is -0.384. The molecular formula is C27H22N4O5. The van der Waals surface area contributed by atoms with Gasteiger partial charge < -0.3 is 5.32 Å². The van der Waals surface area contributed by atoms with Crippen molar-refractivity contribution in [2.75, 3.05) is 0 Å². The standard InChI is InChI=1S/C27H22N4O5/c32-25(20-8-2-1-3-9-20)29-30-27(34)24(17-18-13-15-21(16-14-18)31(35)36)28-26(33)23-12-6-10-19-7-4-5-11-22(19)23/h1-16,24H,17H2,(H,28,33)(H,29,32)(H,30,34)/t24-/m0/s1. The van der Waals surface area contributed by atoms with E-state index in [2.05, 4.69) is 16.2 Å². The van der Waals surface area contributed by atoms with Crippen molar-refractivity contribution in [3.05, 3.63) is 124 Å². The van der Waals surface area contributed by atoms with Crippen LogP contribution in [0, 0.1) is 10.1 Å². The highest BCUT2D eigenvalue weighted by Gasteiger charge is 2.24. The number of nitrogens with one attached hydrogen (secondary N) is 3. The number of hydrogen-bond donors (Lipinski definition) is 3. The van der Waals surface area contributed by atoms with Gasteiger partial charge in [-0.2, -0.15) is 0 Å². The highest BCUT2D eigenvalue weighted by atomic mass is 16.6. The topological polar surface area (TPSA) is 130 Å². The monoisotopic (exact) mass is 482 g/mol. The zero-order chi connectivity index (χ0) is 25.5. The zero-order valence-corrected chi connectivity index (χ0v) is 19.0. The van der Waals surface area contributed by atoms with Gasteiger partial charge in [-0.3, -0.25) is 35.3 Å². The first-order valence-corrected chi connectivity index (χ1v) is 11.1. The second-order valence-electron chi connectivity index (χ2n) is 7.99. The molecule has 4 rings (SSSR count). The maximum absolute atomic E-state index is 13.2. The highest BCUT2D eigenvalue weighted by molar-refractivity contribution is 6.08. The molecule has 0 spiro atoms. The third kappa shape index (κ3) is 5.71. The third-order valence-electron chi connectivity index (χ3n) is 5.58. The van der Waals surface area contributed by atoms with Crippen molar-refractivity contribution in [1.29, 1.82) is 0 Å². The summed E-state index contributed by atoms with van der Waals surface area (Å²) in [6, 6.07) is 25.6. The Balaban J connectivity index is 1.54. The number of nitrogens with zero attached hydrogens (tertiary/aromatic N) is 1. The molecule has 0 aliphatic carbocycles.